The molecule has 1 heterocycles. The normalized spacial score (nSPS) is 11.4. The van der Waals surface area contributed by atoms with Gasteiger partial charge in [-0.3, -0.25) is 0 Å². The minimum atomic E-state index is -0.152. The number of pyridine rings is 1. The molecular formula is C14H15N3O3. The van der Waals surface area contributed by atoms with Crippen LogP contribution in [0.25, 0.3) is 0 Å². The number of aryl methyl sites for hydroxylation is 1. The second-order valence-corrected chi connectivity index (χ2v) is 4.16. The van der Waals surface area contributed by atoms with Crippen molar-refractivity contribution < 1.29 is 15.1 Å². The number of amidine groups is 1. The van der Waals surface area contributed by atoms with E-state index in [-0.39, 0.29) is 18.3 Å². The molecule has 0 radical (unpaired) electrons. The number of rotatable bonds is 4. The number of aliphatic hydroxyl groups excluding tert-OH is 1. The van der Waals surface area contributed by atoms with Gasteiger partial charge in [0.15, 0.2) is 5.84 Å². The highest BCUT2D eigenvalue weighted by Crippen LogP contribution is 2.26. The molecule has 0 unspecified atom stereocenters. The Morgan fingerprint density at radius 2 is 2.05 bits per heavy atom. The summed E-state index contributed by atoms with van der Waals surface area (Å²) >= 11 is 0. The van der Waals surface area contributed by atoms with Gasteiger partial charge >= 0.3 is 0 Å². The second-order valence-electron chi connectivity index (χ2n) is 4.16. The van der Waals surface area contributed by atoms with E-state index in [1.54, 1.807) is 43.3 Å². The van der Waals surface area contributed by atoms with Crippen LogP contribution in [0, 0.1) is 6.92 Å². The van der Waals surface area contributed by atoms with Crippen LogP contribution in [0.15, 0.2) is 41.6 Å². The third-order valence-corrected chi connectivity index (χ3v) is 2.73. The van der Waals surface area contributed by atoms with Crippen molar-refractivity contribution in [2.45, 2.75) is 13.5 Å². The van der Waals surface area contributed by atoms with Crippen molar-refractivity contribution in [3.8, 4) is 11.6 Å². The van der Waals surface area contributed by atoms with Gasteiger partial charge in [0.1, 0.15) is 5.75 Å². The van der Waals surface area contributed by atoms with Gasteiger partial charge in [0.05, 0.1) is 12.2 Å². The lowest BCUT2D eigenvalue weighted by atomic mass is 10.2. The van der Waals surface area contributed by atoms with Gasteiger partial charge in [-0.25, -0.2) is 4.98 Å². The summed E-state index contributed by atoms with van der Waals surface area (Å²) in [6, 6.07) is 10.4. The number of hydrogen-bond donors (Lipinski definition) is 3. The van der Waals surface area contributed by atoms with Crippen molar-refractivity contribution in [3.05, 3.63) is 53.2 Å². The largest absolute Gasteiger partial charge is 0.438 e. The van der Waals surface area contributed by atoms with Crippen LogP contribution in [-0.4, -0.2) is 21.1 Å². The maximum absolute atomic E-state index is 9.29. The summed E-state index contributed by atoms with van der Waals surface area (Å²) in [5.74, 6) is 0.607. The summed E-state index contributed by atoms with van der Waals surface area (Å²) in [7, 11) is 0. The summed E-state index contributed by atoms with van der Waals surface area (Å²) in [5, 5.41) is 21.0. The minimum Gasteiger partial charge on any atom is -0.438 e. The number of nitrogens with zero attached hydrogens (tertiary/aromatic N) is 2. The monoisotopic (exact) mass is 273 g/mol. The molecule has 0 aliphatic rings. The van der Waals surface area contributed by atoms with E-state index in [2.05, 4.69) is 10.1 Å². The van der Waals surface area contributed by atoms with Gasteiger partial charge in [-0.15, -0.1) is 0 Å². The molecule has 1 aromatic heterocycles. The molecule has 6 nitrogen and oxygen atoms in total. The Kier molecular flexibility index (Phi) is 4.17. The number of oxime groups is 1. The lowest BCUT2D eigenvalue weighted by molar-refractivity contribution is 0.276. The molecule has 6 heteroatoms. The predicted molar refractivity (Wildman–Crippen MR) is 73.9 cm³/mol. The molecule has 20 heavy (non-hydrogen) atoms. The van der Waals surface area contributed by atoms with Gasteiger partial charge in [0, 0.05) is 11.3 Å². The van der Waals surface area contributed by atoms with Gasteiger partial charge in [0.2, 0.25) is 5.88 Å². The molecule has 0 aliphatic carbocycles. The third-order valence-electron chi connectivity index (χ3n) is 2.73. The van der Waals surface area contributed by atoms with Crippen LogP contribution in [0.1, 0.15) is 16.8 Å². The number of para-hydroxylation sites is 1. The molecule has 0 aliphatic heterocycles. The fourth-order valence-electron chi connectivity index (χ4n) is 1.70. The first-order valence-corrected chi connectivity index (χ1v) is 5.98. The van der Waals surface area contributed by atoms with E-state index in [1.165, 1.54) is 0 Å². The molecule has 4 N–H and O–H groups in total. The van der Waals surface area contributed by atoms with Gasteiger partial charge < -0.3 is 20.8 Å². The average molecular weight is 273 g/mol. The van der Waals surface area contributed by atoms with Crippen LogP contribution in [-0.2, 0) is 6.61 Å². The van der Waals surface area contributed by atoms with E-state index >= 15 is 0 Å². The smallest absolute Gasteiger partial charge is 0.230 e. The van der Waals surface area contributed by atoms with Crippen molar-refractivity contribution in [2.24, 2.45) is 10.9 Å². The van der Waals surface area contributed by atoms with Crippen molar-refractivity contribution >= 4 is 5.84 Å². The van der Waals surface area contributed by atoms with Gasteiger partial charge in [-0.05, 0) is 25.1 Å². The standard InChI is InChI=1S/C14H15N3O3/c1-9-6-7-11(13(15)17-19)14(16-9)20-12-5-3-2-4-10(12)8-18/h2-7,18-19H,8H2,1H3,(H2,15,17). The number of aromatic nitrogens is 1. The number of nitrogens with two attached hydrogens (primary N) is 1. The maximum Gasteiger partial charge on any atom is 0.230 e. The zero-order chi connectivity index (χ0) is 14.5. The number of benzene rings is 1. The predicted octanol–water partition coefficient (Wildman–Crippen LogP) is 1.77. The summed E-state index contributed by atoms with van der Waals surface area (Å²) in [5.41, 5.74) is 7.34. The van der Waals surface area contributed by atoms with Crippen molar-refractivity contribution in [1.82, 2.24) is 4.98 Å². The molecule has 0 atom stereocenters. The Morgan fingerprint density at radius 1 is 1.30 bits per heavy atom. The van der Waals surface area contributed by atoms with E-state index < -0.39 is 0 Å². The molecule has 0 saturated carbocycles. The highest BCUT2D eigenvalue weighted by molar-refractivity contribution is 5.99. The Balaban J connectivity index is 2.45. The third kappa shape index (κ3) is 2.86. The molecule has 104 valence electrons. The topological polar surface area (TPSA) is 101 Å². The van der Waals surface area contributed by atoms with E-state index in [4.69, 9.17) is 15.7 Å². The van der Waals surface area contributed by atoms with Crippen molar-refractivity contribution in [2.75, 3.05) is 0 Å². The number of hydrogen-bond acceptors (Lipinski definition) is 5. The highest BCUT2D eigenvalue weighted by Gasteiger charge is 2.13. The van der Waals surface area contributed by atoms with Crippen LogP contribution in [0.2, 0.25) is 0 Å². The Hall–Kier alpha value is -2.60. The minimum absolute atomic E-state index is 0.0889. The van der Waals surface area contributed by atoms with Crippen molar-refractivity contribution in [1.29, 1.82) is 0 Å². The van der Waals surface area contributed by atoms with E-state index in [9.17, 15) is 5.11 Å². The van der Waals surface area contributed by atoms with Crippen molar-refractivity contribution in [3.63, 3.8) is 0 Å². The Morgan fingerprint density at radius 3 is 2.75 bits per heavy atom. The summed E-state index contributed by atoms with van der Waals surface area (Å²) < 4.78 is 5.69. The first-order valence-electron chi connectivity index (χ1n) is 5.98. The van der Waals surface area contributed by atoms with E-state index in [0.717, 1.165) is 5.69 Å². The quantitative estimate of drug-likeness (QED) is 0.341. The molecular weight excluding hydrogens is 258 g/mol. The van der Waals surface area contributed by atoms with Gasteiger partial charge in [-0.1, -0.05) is 23.4 Å². The highest BCUT2D eigenvalue weighted by atomic mass is 16.5. The second kappa shape index (κ2) is 6.03. The van der Waals surface area contributed by atoms with Crippen LogP contribution < -0.4 is 10.5 Å². The average Bonchev–Trinajstić information content (AvgIpc) is 2.47. The van der Waals surface area contributed by atoms with E-state index in [1.807, 2.05) is 0 Å². The zero-order valence-electron chi connectivity index (χ0n) is 10.9. The number of aliphatic hydroxyl groups is 1. The lowest BCUT2D eigenvalue weighted by Gasteiger charge is -2.12. The fourth-order valence-corrected chi connectivity index (χ4v) is 1.70. The zero-order valence-corrected chi connectivity index (χ0v) is 10.9. The lowest BCUT2D eigenvalue weighted by Crippen LogP contribution is -2.15. The maximum atomic E-state index is 9.29. The molecule has 1 aromatic carbocycles. The molecule has 2 aromatic rings. The molecule has 0 saturated heterocycles. The Labute approximate surface area is 116 Å². The van der Waals surface area contributed by atoms with Crippen LogP contribution in [0.5, 0.6) is 11.6 Å². The van der Waals surface area contributed by atoms with Gasteiger partial charge in [-0.2, -0.15) is 0 Å². The summed E-state index contributed by atoms with van der Waals surface area (Å²) in [4.78, 5) is 4.24. The number of ether oxygens (including phenoxy) is 1. The summed E-state index contributed by atoms with van der Waals surface area (Å²) in [6.07, 6.45) is 0. The molecule has 0 spiro atoms. The van der Waals surface area contributed by atoms with E-state index in [0.29, 0.717) is 16.9 Å². The van der Waals surface area contributed by atoms with Crippen LogP contribution >= 0.6 is 0 Å². The fraction of sp³-hybridized carbons (Fsp3) is 0.143. The summed E-state index contributed by atoms with van der Waals surface area (Å²) in [6.45, 7) is 1.65. The first kappa shape index (κ1) is 13.8. The Bertz CT molecular complexity index is 641. The molecule has 0 amide bonds. The SMILES string of the molecule is Cc1ccc(C(N)=NO)c(Oc2ccccc2CO)n1. The van der Waals surface area contributed by atoms with Gasteiger partial charge in [0.25, 0.3) is 0 Å². The van der Waals surface area contributed by atoms with Crippen LogP contribution in [0.4, 0.5) is 0 Å². The first-order chi connectivity index (χ1) is 9.65. The molecule has 2 rings (SSSR count). The van der Waals surface area contributed by atoms with Crippen LogP contribution in [0.3, 0.4) is 0 Å². The molecule has 0 fully saturated rings. The molecule has 0 bridgehead atoms.